The zero-order chi connectivity index (χ0) is 14.8. The van der Waals surface area contributed by atoms with Crippen LogP contribution in [0.1, 0.15) is 5.56 Å². The molecule has 0 bridgehead atoms. The molecule has 0 unspecified atom stereocenters. The van der Waals surface area contributed by atoms with Gasteiger partial charge in [0, 0.05) is 18.3 Å². The molecule has 0 fully saturated rings. The molecule has 0 saturated carbocycles. The maximum atomic E-state index is 12.2. The van der Waals surface area contributed by atoms with E-state index in [9.17, 15) is 14.9 Å². The molecule has 1 aromatic carbocycles. The summed E-state index contributed by atoms with van der Waals surface area (Å²) in [5, 5.41) is 17.0. The molecule has 9 nitrogen and oxygen atoms in total. The maximum absolute atomic E-state index is 12.2. The van der Waals surface area contributed by atoms with Crippen LogP contribution in [0.4, 0.5) is 11.6 Å². The van der Waals surface area contributed by atoms with E-state index in [1.807, 2.05) is 0 Å². The van der Waals surface area contributed by atoms with Crippen LogP contribution in [0, 0.1) is 10.1 Å². The molecule has 3 aromatic rings. The molecule has 0 aliphatic carbocycles. The van der Waals surface area contributed by atoms with E-state index < -0.39 is 10.4 Å². The Balaban J connectivity index is 2.10. The van der Waals surface area contributed by atoms with Crippen LogP contribution in [0.25, 0.3) is 11.0 Å². The molecular formula is C12H7N5O4. The highest BCUT2D eigenvalue weighted by Crippen LogP contribution is 2.18. The predicted molar refractivity (Wildman–Crippen MR) is 72.8 cm³/mol. The maximum Gasteiger partial charge on any atom is 0.270 e. The van der Waals surface area contributed by atoms with Crippen molar-refractivity contribution in [3.63, 3.8) is 0 Å². The molecule has 0 spiro atoms. The SMILES string of the molecule is O=c1c(C=Nc2ncn[nH]2)coc2ccc([N+](=O)[O-])cc12. The summed E-state index contributed by atoms with van der Waals surface area (Å²) in [5.41, 5.74) is -0.177. The minimum Gasteiger partial charge on any atom is -0.463 e. The quantitative estimate of drug-likeness (QED) is 0.442. The predicted octanol–water partition coefficient (Wildman–Crippen LogP) is 1.57. The number of hydrogen-bond donors (Lipinski definition) is 1. The minimum absolute atomic E-state index is 0.116. The lowest BCUT2D eigenvalue weighted by Gasteiger charge is -1.98. The lowest BCUT2D eigenvalue weighted by Crippen LogP contribution is -2.08. The third-order valence-electron chi connectivity index (χ3n) is 2.72. The highest BCUT2D eigenvalue weighted by Gasteiger charge is 2.11. The van der Waals surface area contributed by atoms with Crippen molar-refractivity contribution < 1.29 is 9.34 Å². The Morgan fingerprint density at radius 1 is 1.43 bits per heavy atom. The first kappa shape index (κ1) is 12.7. The van der Waals surface area contributed by atoms with Crippen LogP contribution in [-0.4, -0.2) is 26.3 Å². The zero-order valence-electron chi connectivity index (χ0n) is 10.4. The highest BCUT2D eigenvalue weighted by atomic mass is 16.6. The van der Waals surface area contributed by atoms with Crippen molar-refractivity contribution in [2.75, 3.05) is 0 Å². The second-order valence-corrected chi connectivity index (χ2v) is 4.03. The summed E-state index contributed by atoms with van der Waals surface area (Å²) >= 11 is 0. The summed E-state index contributed by atoms with van der Waals surface area (Å²) in [6.45, 7) is 0. The molecule has 0 saturated heterocycles. The molecule has 2 aromatic heterocycles. The Labute approximate surface area is 116 Å². The summed E-state index contributed by atoms with van der Waals surface area (Å²) in [5.74, 6) is 0.230. The van der Waals surface area contributed by atoms with Crippen LogP contribution in [0.15, 0.2) is 45.0 Å². The van der Waals surface area contributed by atoms with E-state index in [0.717, 1.165) is 0 Å². The average molecular weight is 285 g/mol. The zero-order valence-corrected chi connectivity index (χ0v) is 10.4. The van der Waals surface area contributed by atoms with Crippen molar-refractivity contribution >= 4 is 28.8 Å². The van der Waals surface area contributed by atoms with E-state index in [0.29, 0.717) is 0 Å². The number of H-pyrrole nitrogens is 1. The molecular weight excluding hydrogens is 278 g/mol. The van der Waals surface area contributed by atoms with Gasteiger partial charge >= 0.3 is 0 Å². The van der Waals surface area contributed by atoms with E-state index >= 15 is 0 Å². The second kappa shape index (κ2) is 4.96. The Kier molecular flexibility index (Phi) is 2.99. The summed E-state index contributed by atoms with van der Waals surface area (Å²) in [6.07, 6.45) is 3.76. The first-order valence-electron chi connectivity index (χ1n) is 5.74. The number of rotatable bonds is 3. The lowest BCUT2D eigenvalue weighted by molar-refractivity contribution is -0.384. The van der Waals surface area contributed by atoms with Crippen LogP contribution < -0.4 is 5.43 Å². The van der Waals surface area contributed by atoms with Crippen LogP contribution in [0.5, 0.6) is 0 Å². The summed E-state index contributed by atoms with van der Waals surface area (Å²) < 4.78 is 5.27. The van der Waals surface area contributed by atoms with Gasteiger partial charge in [-0.3, -0.25) is 14.9 Å². The fourth-order valence-corrected chi connectivity index (χ4v) is 1.73. The molecule has 0 aliphatic rings. The minimum atomic E-state index is -0.575. The first-order chi connectivity index (χ1) is 10.1. The van der Waals surface area contributed by atoms with Gasteiger partial charge in [0.15, 0.2) is 0 Å². The number of nitrogens with one attached hydrogen (secondary N) is 1. The molecule has 0 aliphatic heterocycles. The van der Waals surface area contributed by atoms with E-state index in [1.54, 1.807) is 0 Å². The van der Waals surface area contributed by atoms with Crippen LogP contribution >= 0.6 is 0 Å². The second-order valence-electron chi connectivity index (χ2n) is 4.03. The van der Waals surface area contributed by atoms with E-state index in [-0.39, 0.29) is 28.2 Å². The normalized spacial score (nSPS) is 11.2. The van der Waals surface area contributed by atoms with Crippen LogP contribution in [0.2, 0.25) is 0 Å². The molecule has 0 amide bonds. The lowest BCUT2D eigenvalue weighted by atomic mass is 10.1. The van der Waals surface area contributed by atoms with Gasteiger partial charge in [-0.05, 0) is 6.07 Å². The number of fused-ring (bicyclic) bond motifs is 1. The Hall–Kier alpha value is -3.36. The van der Waals surface area contributed by atoms with E-state index in [4.69, 9.17) is 4.42 Å². The fourth-order valence-electron chi connectivity index (χ4n) is 1.73. The third-order valence-corrected chi connectivity index (χ3v) is 2.72. The first-order valence-corrected chi connectivity index (χ1v) is 5.74. The summed E-state index contributed by atoms with van der Waals surface area (Å²) in [6, 6.07) is 3.83. The van der Waals surface area contributed by atoms with Crippen molar-refractivity contribution in [3.8, 4) is 0 Å². The van der Waals surface area contributed by atoms with Gasteiger partial charge in [-0.15, -0.1) is 0 Å². The Bertz CT molecular complexity index is 898. The van der Waals surface area contributed by atoms with E-state index in [1.165, 1.54) is 37.0 Å². The number of aliphatic imine (C=N–C) groups is 1. The van der Waals surface area contributed by atoms with Gasteiger partial charge in [0.2, 0.25) is 11.4 Å². The number of aromatic amines is 1. The smallest absolute Gasteiger partial charge is 0.270 e. The Morgan fingerprint density at radius 2 is 2.29 bits per heavy atom. The molecule has 2 heterocycles. The summed E-state index contributed by atoms with van der Waals surface area (Å²) in [7, 11) is 0. The van der Waals surface area contributed by atoms with Crippen molar-refractivity contribution in [3.05, 3.63) is 56.7 Å². The highest BCUT2D eigenvalue weighted by molar-refractivity contribution is 5.87. The molecule has 21 heavy (non-hydrogen) atoms. The monoisotopic (exact) mass is 285 g/mol. The van der Waals surface area contributed by atoms with Gasteiger partial charge in [-0.2, -0.15) is 10.1 Å². The number of benzene rings is 1. The molecule has 1 N–H and O–H groups in total. The molecule has 9 heteroatoms. The van der Waals surface area contributed by atoms with Gasteiger partial charge in [0.1, 0.15) is 18.2 Å². The standard InChI is InChI=1S/C12H7N5O4/c18-11-7(4-13-12-14-6-15-16-12)5-21-10-2-1-8(17(19)20)3-9(10)11/h1-6H,(H,14,15,16). The van der Waals surface area contributed by atoms with Gasteiger partial charge in [0.25, 0.3) is 5.69 Å². The van der Waals surface area contributed by atoms with Crippen molar-refractivity contribution in [2.24, 2.45) is 4.99 Å². The number of aromatic nitrogens is 3. The van der Waals surface area contributed by atoms with Crippen molar-refractivity contribution in [1.82, 2.24) is 15.2 Å². The topological polar surface area (TPSA) is 127 Å². The molecule has 3 rings (SSSR count). The fraction of sp³-hybridized carbons (Fsp3) is 0. The molecule has 0 radical (unpaired) electrons. The summed E-state index contributed by atoms with van der Waals surface area (Å²) in [4.78, 5) is 30.1. The van der Waals surface area contributed by atoms with Crippen molar-refractivity contribution in [2.45, 2.75) is 0 Å². The Morgan fingerprint density at radius 3 is 3.00 bits per heavy atom. The largest absolute Gasteiger partial charge is 0.463 e. The number of nitrogens with zero attached hydrogens (tertiary/aromatic N) is 4. The van der Waals surface area contributed by atoms with Crippen LogP contribution in [-0.2, 0) is 0 Å². The third kappa shape index (κ3) is 2.39. The van der Waals surface area contributed by atoms with Gasteiger partial charge < -0.3 is 4.42 Å². The van der Waals surface area contributed by atoms with E-state index in [2.05, 4.69) is 20.2 Å². The molecule has 104 valence electrons. The number of nitro groups is 1. The number of non-ortho nitro benzene ring substituents is 1. The van der Waals surface area contributed by atoms with Gasteiger partial charge in [0.05, 0.1) is 15.9 Å². The van der Waals surface area contributed by atoms with Crippen LogP contribution in [0.3, 0.4) is 0 Å². The number of hydrogen-bond acceptors (Lipinski definition) is 7. The van der Waals surface area contributed by atoms with Gasteiger partial charge in [-0.25, -0.2) is 10.1 Å². The van der Waals surface area contributed by atoms with Gasteiger partial charge in [-0.1, -0.05) is 0 Å². The van der Waals surface area contributed by atoms with Crippen molar-refractivity contribution in [1.29, 1.82) is 0 Å². The number of nitro benzene ring substituents is 1. The average Bonchev–Trinajstić information content (AvgIpc) is 2.99. The molecule has 0 atom stereocenters.